The molecule has 0 N–H and O–H groups in total. The normalized spacial score (nSPS) is 12.3. The number of hydrogen-bond donors (Lipinski definition) is 0. The second kappa shape index (κ2) is 7.79. The standard InChI is InChI=1S/C18H17Cl2N3O/c1-23-18(16(20)11-22-23)17(9-14-3-2-8-21-10-14)24-12-13-4-6-15(19)7-5-13/h2-8,10-11,17H,9,12H2,1H3. The Morgan fingerprint density at radius 1 is 1.08 bits per heavy atom. The lowest BCUT2D eigenvalue weighted by atomic mass is 10.1. The van der Waals surface area contributed by atoms with Crippen molar-refractivity contribution in [3.8, 4) is 0 Å². The molecule has 0 aliphatic carbocycles. The Labute approximate surface area is 151 Å². The Balaban J connectivity index is 1.80. The van der Waals surface area contributed by atoms with Gasteiger partial charge in [0.05, 0.1) is 23.5 Å². The van der Waals surface area contributed by atoms with Crippen LogP contribution in [0.3, 0.4) is 0 Å². The summed E-state index contributed by atoms with van der Waals surface area (Å²) in [6, 6.07) is 11.6. The smallest absolute Gasteiger partial charge is 0.105 e. The molecule has 2 heterocycles. The Kier molecular flexibility index (Phi) is 5.51. The molecule has 0 fully saturated rings. The van der Waals surface area contributed by atoms with E-state index in [0.29, 0.717) is 23.1 Å². The van der Waals surface area contributed by atoms with Crippen molar-refractivity contribution >= 4 is 23.2 Å². The van der Waals surface area contributed by atoms with Gasteiger partial charge >= 0.3 is 0 Å². The largest absolute Gasteiger partial charge is 0.367 e. The van der Waals surface area contributed by atoms with E-state index in [2.05, 4.69) is 10.1 Å². The summed E-state index contributed by atoms with van der Waals surface area (Å²) >= 11 is 12.2. The molecule has 2 aromatic heterocycles. The quantitative estimate of drug-likeness (QED) is 0.642. The van der Waals surface area contributed by atoms with Gasteiger partial charge in [-0.25, -0.2) is 0 Å². The molecule has 0 saturated carbocycles. The number of aromatic nitrogens is 3. The van der Waals surface area contributed by atoms with Crippen molar-refractivity contribution in [2.75, 3.05) is 0 Å². The molecule has 0 amide bonds. The maximum absolute atomic E-state index is 6.31. The van der Waals surface area contributed by atoms with Crippen molar-refractivity contribution in [3.05, 3.63) is 81.9 Å². The topological polar surface area (TPSA) is 39.9 Å². The van der Waals surface area contributed by atoms with Crippen LogP contribution in [-0.4, -0.2) is 14.8 Å². The monoisotopic (exact) mass is 361 g/mol. The van der Waals surface area contributed by atoms with Gasteiger partial charge in [-0.1, -0.05) is 41.4 Å². The van der Waals surface area contributed by atoms with Crippen LogP contribution in [0.5, 0.6) is 0 Å². The molecule has 0 spiro atoms. The predicted octanol–water partition coefficient (Wildman–Crippen LogP) is 4.62. The van der Waals surface area contributed by atoms with Crippen LogP contribution in [0.25, 0.3) is 0 Å². The molecule has 0 saturated heterocycles. The van der Waals surface area contributed by atoms with Crippen LogP contribution < -0.4 is 0 Å². The van der Waals surface area contributed by atoms with Crippen LogP contribution in [0.4, 0.5) is 0 Å². The zero-order valence-corrected chi connectivity index (χ0v) is 14.7. The molecular formula is C18H17Cl2N3O. The van der Waals surface area contributed by atoms with Crippen LogP contribution >= 0.6 is 23.2 Å². The lowest BCUT2D eigenvalue weighted by Gasteiger charge is -2.19. The first-order valence-corrected chi connectivity index (χ1v) is 8.31. The minimum atomic E-state index is -0.218. The fourth-order valence-electron chi connectivity index (χ4n) is 2.53. The molecule has 1 atom stereocenters. The minimum Gasteiger partial charge on any atom is -0.367 e. The number of benzene rings is 1. The Bertz CT molecular complexity index is 768. The van der Waals surface area contributed by atoms with Crippen molar-refractivity contribution < 1.29 is 4.74 Å². The zero-order chi connectivity index (χ0) is 16.9. The van der Waals surface area contributed by atoms with Crippen molar-refractivity contribution in [1.29, 1.82) is 0 Å². The summed E-state index contributed by atoms with van der Waals surface area (Å²) in [5.74, 6) is 0. The molecule has 3 rings (SSSR count). The molecule has 1 aromatic carbocycles. The van der Waals surface area contributed by atoms with E-state index in [1.807, 2.05) is 49.6 Å². The van der Waals surface area contributed by atoms with E-state index in [1.165, 1.54) is 0 Å². The molecule has 24 heavy (non-hydrogen) atoms. The van der Waals surface area contributed by atoms with E-state index >= 15 is 0 Å². The van der Waals surface area contributed by atoms with Crippen LogP contribution in [0.15, 0.2) is 55.0 Å². The second-order valence-electron chi connectivity index (χ2n) is 5.49. The fourth-order valence-corrected chi connectivity index (χ4v) is 2.94. The summed E-state index contributed by atoms with van der Waals surface area (Å²) in [7, 11) is 1.86. The highest BCUT2D eigenvalue weighted by Gasteiger charge is 2.20. The molecule has 6 heteroatoms. The molecule has 1 unspecified atom stereocenters. The average Bonchev–Trinajstić information content (AvgIpc) is 2.93. The van der Waals surface area contributed by atoms with Crippen molar-refractivity contribution in [2.24, 2.45) is 7.05 Å². The molecule has 124 valence electrons. The van der Waals surface area contributed by atoms with E-state index in [-0.39, 0.29) is 6.10 Å². The molecule has 0 aliphatic rings. The van der Waals surface area contributed by atoms with Gasteiger partial charge in [-0.05, 0) is 29.3 Å². The lowest BCUT2D eigenvalue weighted by molar-refractivity contribution is 0.0346. The van der Waals surface area contributed by atoms with Gasteiger partial charge in [0.1, 0.15) is 6.10 Å². The Morgan fingerprint density at radius 3 is 2.50 bits per heavy atom. The summed E-state index contributed by atoms with van der Waals surface area (Å²) in [5.41, 5.74) is 2.99. The van der Waals surface area contributed by atoms with Gasteiger partial charge in [-0.3, -0.25) is 9.67 Å². The van der Waals surface area contributed by atoms with Gasteiger partial charge in [0, 0.05) is 30.9 Å². The van der Waals surface area contributed by atoms with Gasteiger partial charge in [-0.15, -0.1) is 0 Å². The van der Waals surface area contributed by atoms with Crippen molar-refractivity contribution in [2.45, 2.75) is 19.1 Å². The van der Waals surface area contributed by atoms with Crippen LogP contribution in [0.2, 0.25) is 10.0 Å². The zero-order valence-electron chi connectivity index (χ0n) is 13.2. The van der Waals surface area contributed by atoms with Crippen LogP contribution in [0, 0.1) is 0 Å². The molecule has 0 aliphatic heterocycles. The van der Waals surface area contributed by atoms with Crippen molar-refractivity contribution in [1.82, 2.24) is 14.8 Å². The van der Waals surface area contributed by atoms with Gasteiger partial charge in [-0.2, -0.15) is 5.10 Å². The molecule has 0 radical (unpaired) electrons. The molecule has 0 bridgehead atoms. The summed E-state index contributed by atoms with van der Waals surface area (Å²) in [4.78, 5) is 4.17. The molecule has 3 aromatic rings. The maximum Gasteiger partial charge on any atom is 0.105 e. The number of ether oxygens (including phenoxy) is 1. The summed E-state index contributed by atoms with van der Waals surface area (Å²) < 4.78 is 7.92. The molecular weight excluding hydrogens is 345 g/mol. The first-order valence-electron chi connectivity index (χ1n) is 7.56. The van der Waals surface area contributed by atoms with Gasteiger partial charge < -0.3 is 4.74 Å². The summed E-state index contributed by atoms with van der Waals surface area (Å²) in [5, 5.41) is 5.53. The van der Waals surface area contributed by atoms with Gasteiger partial charge in [0.25, 0.3) is 0 Å². The number of aryl methyl sites for hydroxylation is 1. The lowest BCUT2D eigenvalue weighted by Crippen LogP contribution is -2.13. The number of halogens is 2. The van der Waals surface area contributed by atoms with Crippen molar-refractivity contribution in [3.63, 3.8) is 0 Å². The molecule has 4 nitrogen and oxygen atoms in total. The Morgan fingerprint density at radius 2 is 1.88 bits per heavy atom. The van der Waals surface area contributed by atoms with E-state index < -0.39 is 0 Å². The maximum atomic E-state index is 6.31. The SMILES string of the molecule is Cn1ncc(Cl)c1C(Cc1cccnc1)OCc1ccc(Cl)cc1. The number of hydrogen-bond acceptors (Lipinski definition) is 3. The predicted molar refractivity (Wildman–Crippen MR) is 95.1 cm³/mol. The minimum absolute atomic E-state index is 0.218. The van der Waals surface area contributed by atoms with Gasteiger partial charge in [0.2, 0.25) is 0 Å². The van der Waals surface area contributed by atoms with Gasteiger partial charge in [0.15, 0.2) is 0 Å². The third-order valence-corrected chi connectivity index (χ3v) is 4.29. The number of rotatable bonds is 6. The average molecular weight is 362 g/mol. The Hall–Kier alpha value is -1.88. The van der Waals surface area contributed by atoms with E-state index in [4.69, 9.17) is 27.9 Å². The second-order valence-corrected chi connectivity index (χ2v) is 6.34. The summed E-state index contributed by atoms with van der Waals surface area (Å²) in [6.07, 6.45) is 5.68. The van der Waals surface area contributed by atoms with Crippen LogP contribution in [-0.2, 0) is 24.8 Å². The van der Waals surface area contributed by atoms with E-state index in [0.717, 1.165) is 16.8 Å². The van der Waals surface area contributed by atoms with E-state index in [1.54, 1.807) is 17.1 Å². The highest BCUT2D eigenvalue weighted by Crippen LogP contribution is 2.29. The first-order chi connectivity index (χ1) is 11.6. The number of nitrogens with zero attached hydrogens (tertiary/aromatic N) is 3. The van der Waals surface area contributed by atoms with E-state index in [9.17, 15) is 0 Å². The highest BCUT2D eigenvalue weighted by molar-refractivity contribution is 6.31. The highest BCUT2D eigenvalue weighted by atomic mass is 35.5. The summed E-state index contributed by atoms with van der Waals surface area (Å²) in [6.45, 7) is 0.462. The third kappa shape index (κ3) is 4.15. The fraction of sp³-hybridized carbons (Fsp3) is 0.222. The third-order valence-electron chi connectivity index (χ3n) is 3.75. The first kappa shape index (κ1) is 17.0. The number of pyridine rings is 1. The van der Waals surface area contributed by atoms with Crippen LogP contribution in [0.1, 0.15) is 22.9 Å².